The molecule has 0 spiro atoms. The van der Waals surface area contributed by atoms with Crippen molar-refractivity contribution < 1.29 is 4.43 Å². The lowest BCUT2D eigenvalue weighted by molar-refractivity contribution is 0.202. The molecule has 0 radical (unpaired) electrons. The Kier molecular flexibility index (Phi) is 5.05. The average molecular weight is 282 g/mol. The summed E-state index contributed by atoms with van der Waals surface area (Å²) in [5.41, 5.74) is 2.42. The summed E-state index contributed by atoms with van der Waals surface area (Å²) in [6.45, 7) is 19.2. The molecule has 102 valence electrons. The summed E-state index contributed by atoms with van der Waals surface area (Å²) in [5.74, 6) is 3.11. The Bertz CT molecular complexity index is 399. The number of rotatable bonds is 2. The minimum Gasteiger partial charge on any atom is -0.391 e. The van der Waals surface area contributed by atoms with Gasteiger partial charge in [0.05, 0.1) is 0 Å². The van der Waals surface area contributed by atoms with E-state index in [2.05, 4.69) is 71.0 Å². The lowest BCUT2D eigenvalue weighted by Gasteiger charge is -2.32. The highest BCUT2D eigenvalue weighted by Crippen LogP contribution is 2.35. The van der Waals surface area contributed by atoms with Crippen LogP contribution in [0.3, 0.4) is 0 Å². The molecular formula is C14H27NOSi2. The number of hydrogen-bond acceptors (Lipinski definition) is 2. The molecule has 0 saturated carbocycles. The topological polar surface area (TPSA) is 33.0 Å². The molecule has 0 heterocycles. The molecule has 0 fully saturated rings. The van der Waals surface area contributed by atoms with Gasteiger partial charge in [-0.25, -0.2) is 0 Å². The lowest BCUT2D eigenvalue weighted by atomic mass is 10.1. The molecule has 0 N–H and O–H groups in total. The third-order valence-corrected chi connectivity index (χ3v) is 8.73. The van der Waals surface area contributed by atoms with Crippen LogP contribution < -0.4 is 0 Å². The monoisotopic (exact) mass is 281 g/mol. The predicted molar refractivity (Wildman–Crippen MR) is 83.4 cm³/mol. The Hall–Kier alpha value is -0.556. The fraction of sp³-hybridized carbons (Fsp3) is 0.786. The molecule has 0 saturated heterocycles. The van der Waals surface area contributed by atoms with E-state index in [4.69, 9.17) is 4.43 Å². The molecule has 4 heteroatoms. The Morgan fingerprint density at radius 3 is 1.67 bits per heavy atom. The Labute approximate surface area is 115 Å². The molecule has 0 unspecified atom stereocenters. The number of hydrogen-bond donors (Lipinski definition) is 0. The van der Waals surface area contributed by atoms with Gasteiger partial charge in [-0.3, -0.25) is 0 Å². The van der Waals surface area contributed by atoms with Crippen LogP contribution in [0.4, 0.5) is 0 Å². The van der Waals surface area contributed by atoms with Crippen LogP contribution in [0.1, 0.15) is 27.7 Å². The summed E-state index contributed by atoms with van der Waals surface area (Å²) in [6.07, 6.45) is 0. The molecule has 1 atom stereocenters. The van der Waals surface area contributed by atoms with Gasteiger partial charge in [-0.2, -0.15) is 5.26 Å². The first-order valence-electron chi connectivity index (χ1n) is 6.38. The van der Waals surface area contributed by atoms with E-state index in [-0.39, 0.29) is 5.04 Å². The quantitative estimate of drug-likeness (QED) is 0.562. The summed E-state index contributed by atoms with van der Waals surface area (Å²) < 4.78 is 5.91. The molecule has 0 aromatic heterocycles. The summed E-state index contributed by atoms with van der Waals surface area (Å²) in [4.78, 5) is 0. The van der Waals surface area contributed by atoms with Crippen LogP contribution >= 0.6 is 0 Å². The van der Waals surface area contributed by atoms with Crippen LogP contribution in [0.25, 0.3) is 0 Å². The van der Waals surface area contributed by atoms with Gasteiger partial charge in [-0.05, 0) is 31.6 Å². The van der Waals surface area contributed by atoms with Gasteiger partial charge in [0.2, 0.25) is 5.60 Å². The van der Waals surface area contributed by atoms with Gasteiger partial charge in [0.25, 0.3) is 0 Å². The van der Waals surface area contributed by atoms with Gasteiger partial charge in [0, 0.05) is 0 Å². The molecule has 0 rings (SSSR count). The van der Waals surface area contributed by atoms with Crippen molar-refractivity contribution in [2.24, 2.45) is 0 Å². The van der Waals surface area contributed by atoms with Crippen molar-refractivity contribution in [2.75, 3.05) is 0 Å². The van der Waals surface area contributed by atoms with E-state index in [9.17, 15) is 5.26 Å². The van der Waals surface area contributed by atoms with Crippen molar-refractivity contribution >= 4 is 16.4 Å². The highest BCUT2D eigenvalue weighted by molar-refractivity contribution is 6.87. The summed E-state index contributed by atoms with van der Waals surface area (Å²) >= 11 is 0. The fourth-order valence-electron chi connectivity index (χ4n) is 1.15. The van der Waals surface area contributed by atoms with E-state index in [1.54, 1.807) is 6.92 Å². The van der Waals surface area contributed by atoms with Crippen molar-refractivity contribution in [1.82, 2.24) is 0 Å². The first-order valence-corrected chi connectivity index (χ1v) is 12.8. The van der Waals surface area contributed by atoms with Gasteiger partial charge in [-0.1, -0.05) is 39.8 Å². The Balaban J connectivity index is 5.26. The zero-order valence-corrected chi connectivity index (χ0v) is 15.4. The van der Waals surface area contributed by atoms with Crippen LogP contribution in [-0.2, 0) is 4.43 Å². The molecule has 0 amide bonds. The van der Waals surface area contributed by atoms with Crippen LogP contribution in [0, 0.1) is 22.8 Å². The second-order valence-electron chi connectivity index (χ2n) is 7.48. The maximum absolute atomic E-state index is 9.31. The van der Waals surface area contributed by atoms with Gasteiger partial charge in [-0.15, -0.1) is 5.54 Å². The van der Waals surface area contributed by atoms with Crippen molar-refractivity contribution in [3.05, 3.63) is 0 Å². The van der Waals surface area contributed by atoms with E-state index in [0.717, 1.165) is 0 Å². The molecule has 0 aromatic rings. The van der Waals surface area contributed by atoms with E-state index in [0.29, 0.717) is 0 Å². The van der Waals surface area contributed by atoms with Crippen molar-refractivity contribution in [2.45, 2.75) is 71.1 Å². The van der Waals surface area contributed by atoms with Gasteiger partial charge >= 0.3 is 0 Å². The van der Waals surface area contributed by atoms with Crippen LogP contribution in [0.2, 0.25) is 37.8 Å². The standard InChI is InChI=1S/C14H27NOSi2/c1-13(2,3)18(8,9)11-10-14(4,12-15)16-17(5,6)7/h1-9H3/t14-/m1/s1. The first-order chi connectivity index (χ1) is 7.72. The second kappa shape index (κ2) is 5.21. The molecular weight excluding hydrogens is 254 g/mol. The lowest BCUT2D eigenvalue weighted by Crippen LogP contribution is -2.40. The van der Waals surface area contributed by atoms with Crippen molar-refractivity contribution in [3.8, 4) is 17.5 Å². The van der Waals surface area contributed by atoms with Crippen LogP contribution in [-0.4, -0.2) is 22.0 Å². The zero-order valence-electron chi connectivity index (χ0n) is 13.4. The smallest absolute Gasteiger partial charge is 0.203 e. The molecule has 0 aromatic carbocycles. The average Bonchev–Trinajstić information content (AvgIpc) is 2.10. The van der Waals surface area contributed by atoms with E-state index >= 15 is 0 Å². The molecule has 0 aliphatic rings. The fourth-order valence-corrected chi connectivity index (χ4v) is 3.40. The maximum atomic E-state index is 9.31. The van der Waals surface area contributed by atoms with Crippen LogP contribution in [0.15, 0.2) is 0 Å². The Morgan fingerprint density at radius 2 is 1.39 bits per heavy atom. The van der Waals surface area contributed by atoms with Crippen molar-refractivity contribution in [3.63, 3.8) is 0 Å². The SMILES string of the molecule is CC(C)(C)[Si](C)(C)C#C[C@](C)(C#N)O[Si](C)(C)C. The zero-order chi connectivity index (χ0) is 14.8. The third kappa shape index (κ3) is 5.39. The van der Waals surface area contributed by atoms with Crippen molar-refractivity contribution in [1.29, 1.82) is 5.26 Å². The first kappa shape index (κ1) is 17.4. The highest BCUT2D eigenvalue weighted by atomic mass is 28.4. The summed E-state index contributed by atoms with van der Waals surface area (Å²) in [5, 5.41) is 9.51. The van der Waals surface area contributed by atoms with E-state index in [1.807, 2.05) is 0 Å². The third-order valence-electron chi connectivity index (χ3n) is 3.21. The van der Waals surface area contributed by atoms with Crippen LogP contribution in [0.5, 0.6) is 0 Å². The van der Waals surface area contributed by atoms with Gasteiger partial charge in [0.15, 0.2) is 8.32 Å². The molecule has 0 aliphatic heterocycles. The number of nitriles is 1. The van der Waals surface area contributed by atoms with Gasteiger partial charge in [0.1, 0.15) is 14.1 Å². The largest absolute Gasteiger partial charge is 0.391 e. The summed E-state index contributed by atoms with van der Waals surface area (Å²) in [7, 11) is -3.45. The minimum absolute atomic E-state index is 0.204. The maximum Gasteiger partial charge on any atom is 0.203 e. The molecule has 2 nitrogen and oxygen atoms in total. The van der Waals surface area contributed by atoms with E-state index < -0.39 is 22.0 Å². The number of nitrogens with zero attached hydrogens (tertiary/aromatic N) is 1. The Morgan fingerprint density at radius 1 is 0.944 bits per heavy atom. The highest BCUT2D eigenvalue weighted by Gasteiger charge is 2.35. The minimum atomic E-state index is -1.77. The summed E-state index contributed by atoms with van der Waals surface area (Å²) in [6, 6.07) is 2.22. The predicted octanol–water partition coefficient (Wildman–Crippen LogP) is 4.17. The molecule has 0 bridgehead atoms. The normalized spacial score (nSPS) is 16.2. The second-order valence-corrected chi connectivity index (χ2v) is 16.9. The van der Waals surface area contributed by atoms with E-state index in [1.165, 1.54) is 0 Å². The molecule has 18 heavy (non-hydrogen) atoms. The molecule has 0 aliphatic carbocycles. The van der Waals surface area contributed by atoms with Gasteiger partial charge < -0.3 is 4.43 Å².